The van der Waals surface area contributed by atoms with Crippen molar-refractivity contribution in [3.8, 4) is 11.8 Å². The van der Waals surface area contributed by atoms with Crippen LogP contribution in [0.3, 0.4) is 0 Å². The number of amides is 1. The van der Waals surface area contributed by atoms with Gasteiger partial charge in [-0.25, -0.2) is 0 Å². The number of hydrogen-bond acceptors (Lipinski definition) is 3. The van der Waals surface area contributed by atoms with Gasteiger partial charge in [-0.1, -0.05) is 25.7 Å². The molecule has 2 N–H and O–H groups in total. The first-order valence-corrected chi connectivity index (χ1v) is 6.97. The zero-order valence-electron chi connectivity index (χ0n) is 11.2. The van der Waals surface area contributed by atoms with Crippen LogP contribution >= 0.6 is 11.3 Å². The number of carbonyl (C=O) groups excluding carboxylic acids is 1. The second-order valence-electron chi connectivity index (χ2n) is 4.31. The predicted molar refractivity (Wildman–Crippen MR) is 76.2 cm³/mol. The quantitative estimate of drug-likeness (QED) is 0.846. The molecule has 0 aliphatic heterocycles. The highest BCUT2D eigenvalue weighted by molar-refractivity contribution is 7.10. The number of thiophene rings is 1. The van der Waals surface area contributed by atoms with E-state index in [1.807, 2.05) is 32.3 Å². The molecule has 1 aromatic heterocycles. The van der Waals surface area contributed by atoms with Gasteiger partial charge >= 0.3 is 0 Å². The van der Waals surface area contributed by atoms with E-state index in [2.05, 4.69) is 11.8 Å². The topological polar surface area (TPSA) is 46.3 Å². The first-order chi connectivity index (χ1) is 8.58. The molecular weight excluding hydrogens is 244 g/mol. The molecule has 0 fully saturated rings. The Labute approximate surface area is 113 Å². The largest absolute Gasteiger partial charge is 0.340 e. The summed E-state index contributed by atoms with van der Waals surface area (Å²) in [6.07, 6.45) is 0.876. The Hall–Kier alpha value is -1.31. The molecule has 0 saturated carbocycles. The molecule has 1 atom stereocenters. The van der Waals surface area contributed by atoms with Crippen LogP contribution in [0.5, 0.6) is 0 Å². The van der Waals surface area contributed by atoms with Crippen LogP contribution in [0.25, 0.3) is 0 Å². The van der Waals surface area contributed by atoms with Crippen LogP contribution in [0.4, 0.5) is 0 Å². The van der Waals surface area contributed by atoms with Crippen LogP contribution in [-0.2, 0) is 11.3 Å². The van der Waals surface area contributed by atoms with E-state index < -0.39 is 0 Å². The molecule has 0 radical (unpaired) electrons. The van der Waals surface area contributed by atoms with Crippen molar-refractivity contribution in [2.24, 2.45) is 11.7 Å². The number of hydrogen-bond donors (Lipinski definition) is 1. The van der Waals surface area contributed by atoms with E-state index in [1.54, 1.807) is 16.2 Å². The normalized spacial score (nSPS) is 11.6. The summed E-state index contributed by atoms with van der Waals surface area (Å²) in [5.74, 6) is 6.10. The van der Waals surface area contributed by atoms with Crippen molar-refractivity contribution in [3.63, 3.8) is 0 Å². The molecule has 1 rings (SSSR count). The third-order valence-electron chi connectivity index (χ3n) is 2.79. The fraction of sp³-hybridized carbons (Fsp3) is 0.500. The summed E-state index contributed by atoms with van der Waals surface area (Å²) in [7, 11) is 1.85. The van der Waals surface area contributed by atoms with Gasteiger partial charge in [-0.2, -0.15) is 0 Å². The number of rotatable bonds is 4. The first-order valence-electron chi connectivity index (χ1n) is 6.09. The summed E-state index contributed by atoms with van der Waals surface area (Å²) < 4.78 is 0. The molecule has 1 heterocycles. The summed E-state index contributed by atoms with van der Waals surface area (Å²) >= 11 is 1.63. The van der Waals surface area contributed by atoms with Gasteiger partial charge in [0.1, 0.15) is 0 Å². The average Bonchev–Trinajstić information content (AvgIpc) is 2.81. The number of nitrogens with zero attached hydrogens (tertiary/aromatic N) is 1. The zero-order chi connectivity index (χ0) is 13.5. The molecule has 1 amide bonds. The fourth-order valence-electron chi connectivity index (χ4n) is 1.54. The minimum atomic E-state index is 0.0893. The van der Waals surface area contributed by atoms with Crippen molar-refractivity contribution < 1.29 is 4.79 Å². The van der Waals surface area contributed by atoms with E-state index in [4.69, 9.17) is 5.73 Å². The third kappa shape index (κ3) is 4.17. The first kappa shape index (κ1) is 14.7. The monoisotopic (exact) mass is 264 g/mol. The second-order valence-corrected chi connectivity index (χ2v) is 5.31. The highest BCUT2D eigenvalue weighted by atomic mass is 32.1. The van der Waals surface area contributed by atoms with E-state index in [9.17, 15) is 4.79 Å². The molecule has 3 nitrogen and oxygen atoms in total. The Kier molecular flexibility index (Phi) is 5.90. The van der Waals surface area contributed by atoms with Crippen molar-refractivity contribution in [2.45, 2.75) is 26.8 Å². The Morgan fingerprint density at radius 3 is 2.94 bits per heavy atom. The van der Waals surface area contributed by atoms with Crippen LogP contribution in [0.1, 0.15) is 30.7 Å². The van der Waals surface area contributed by atoms with E-state index in [1.165, 1.54) is 0 Å². The summed E-state index contributed by atoms with van der Waals surface area (Å²) in [4.78, 5) is 14.9. The van der Waals surface area contributed by atoms with Gasteiger partial charge in [0.25, 0.3) is 0 Å². The molecule has 0 bridgehead atoms. The second kappa shape index (κ2) is 7.20. The highest BCUT2D eigenvalue weighted by Gasteiger charge is 2.16. The maximum Gasteiger partial charge on any atom is 0.225 e. The smallest absolute Gasteiger partial charge is 0.225 e. The molecule has 98 valence electrons. The summed E-state index contributed by atoms with van der Waals surface area (Å²) in [6.45, 7) is 5.02. The van der Waals surface area contributed by atoms with Gasteiger partial charge in [0.05, 0.1) is 13.1 Å². The maximum absolute atomic E-state index is 11.9. The molecule has 4 heteroatoms. The van der Waals surface area contributed by atoms with E-state index in [0.29, 0.717) is 13.1 Å². The highest BCUT2D eigenvalue weighted by Crippen LogP contribution is 2.17. The van der Waals surface area contributed by atoms with Gasteiger partial charge in [-0.15, -0.1) is 11.3 Å². The van der Waals surface area contributed by atoms with Gasteiger partial charge in [-0.3, -0.25) is 4.79 Å². The van der Waals surface area contributed by atoms with Crippen molar-refractivity contribution in [1.82, 2.24) is 4.90 Å². The lowest BCUT2D eigenvalue weighted by atomic mass is 10.1. The summed E-state index contributed by atoms with van der Waals surface area (Å²) in [5.41, 5.74) is 6.31. The molecule has 0 saturated heterocycles. The molecule has 0 aliphatic rings. The standard InChI is InChI=1S/C14H20N2OS/c1-4-11(2)14(17)16(3)9-13-8-12(10-18-13)6-5-7-15/h8,10-11H,4,7,9,15H2,1-3H3. The molecular formula is C14H20N2OS. The fourth-order valence-corrected chi connectivity index (χ4v) is 2.41. The van der Waals surface area contributed by atoms with Crippen molar-refractivity contribution >= 4 is 17.2 Å². The van der Waals surface area contributed by atoms with Gasteiger partial charge in [0.15, 0.2) is 0 Å². The number of carbonyl (C=O) groups is 1. The van der Waals surface area contributed by atoms with Crippen LogP contribution in [0.2, 0.25) is 0 Å². The predicted octanol–water partition coefficient (Wildman–Crippen LogP) is 2.06. The minimum Gasteiger partial charge on any atom is -0.340 e. The Morgan fingerprint density at radius 1 is 1.61 bits per heavy atom. The van der Waals surface area contributed by atoms with Gasteiger partial charge in [-0.05, 0) is 12.5 Å². The van der Waals surface area contributed by atoms with Crippen LogP contribution in [0.15, 0.2) is 11.4 Å². The van der Waals surface area contributed by atoms with Crippen molar-refractivity contribution in [3.05, 3.63) is 21.9 Å². The molecule has 18 heavy (non-hydrogen) atoms. The molecule has 0 spiro atoms. The van der Waals surface area contributed by atoms with E-state index in [0.717, 1.165) is 16.9 Å². The van der Waals surface area contributed by atoms with E-state index in [-0.39, 0.29) is 11.8 Å². The molecule has 1 unspecified atom stereocenters. The Balaban J connectivity index is 2.62. The third-order valence-corrected chi connectivity index (χ3v) is 3.71. The minimum absolute atomic E-state index is 0.0893. The SMILES string of the molecule is CCC(C)C(=O)N(C)Cc1cc(C#CCN)cs1. The average molecular weight is 264 g/mol. The summed E-state index contributed by atoms with van der Waals surface area (Å²) in [6, 6.07) is 2.02. The lowest BCUT2D eigenvalue weighted by molar-refractivity contribution is -0.134. The van der Waals surface area contributed by atoms with Crippen LogP contribution in [0, 0.1) is 17.8 Å². The lowest BCUT2D eigenvalue weighted by Crippen LogP contribution is -2.30. The zero-order valence-corrected chi connectivity index (χ0v) is 12.0. The molecule has 0 aliphatic carbocycles. The Bertz CT molecular complexity index is 456. The van der Waals surface area contributed by atoms with Gasteiger partial charge in [0, 0.05) is 28.8 Å². The summed E-state index contributed by atoms with van der Waals surface area (Å²) in [5, 5.41) is 2.00. The van der Waals surface area contributed by atoms with Crippen LogP contribution < -0.4 is 5.73 Å². The van der Waals surface area contributed by atoms with Gasteiger partial charge in [0.2, 0.25) is 5.91 Å². The molecule has 0 aromatic carbocycles. The molecule has 1 aromatic rings. The van der Waals surface area contributed by atoms with E-state index >= 15 is 0 Å². The lowest BCUT2D eigenvalue weighted by Gasteiger charge is -2.19. The Morgan fingerprint density at radius 2 is 2.33 bits per heavy atom. The number of nitrogens with two attached hydrogens (primary N) is 1. The van der Waals surface area contributed by atoms with Crippen molar-refractivity contribution in [2.75, 3.05) is 13.6 Å². The van der Waals surface area contributed by atoms with Crippen LogP contribution in [-0.4, -0.2) is 24.4 Å². The maximum atomic E-state index is 11.9. The van der Waals surface area contributed by atoms with Crippen molar-refractivity contribution in [1.29, 1.82) is 0 Å². The van der Waals surface area contributed by atoms with Gasteiger partial charge < -0.3 is 10.6 Å².